The van der Waals surface area contributed by atoms with Gasteiger partial charge in [-0.1, -0.05) is 76.1 Å². The van der Waals surface area contributed by atoms with Gasteiger partial charge in [0, 0.05) is 26.8 Å². The van der Waals surface area contributed by atoms with Gasteiger partial charge in [-0.05, 0) is 18.2 Å². The molecule has 0 rings (SSSR count). The largest absolute Gasteiger partial charge is 0.338 e. The molecule has 0 spiro atoms. The first-order valence-corrected chi connectivity index (χ1v) is 11.1. The first-order chi connectivity index (χ1) is 8.06. The normalized spacial score (nSPS) is 11.3. The molecule has 0 aromatic heterocycles. The molecular formula is C12H27MoO2PS2. The second-order valence-electron chi connectivity index (χ2n) is 4.51. The molecule has 0 bridgehead atoms. The zero-order valence-electron chi connectivity index (χ0n) is 11.3. The van der Waals surface area contributed by atoms with Gasteiger partial charge in [0.15, 0.2) is 0 Å². The molecule has 0 radical (unpaired) electrons. The minimum atomic E-state index is -2.99. The zero-order chi connectivity index (χ0) is 13.0. The third-order valence-electron chi connectivity index (χ3n) is 2.76. The average Bonchev–Trinajstić information content (AvgIpc) is 2.24. The minimum Gasteiger partial charge on any atom is -0.338 e. The molecule has 0 saturated carbocycles. The van der Waals surface area contributed by atoms with E-state index in [0.29, 0.717) is 0 Å². The van der Waals surface area contributed by atoms with Crippen LogP contribution in [0, 0.1) is 0 Å². The molecule has 0 aliphatic carbocycles. The van der Waals surface area contributed by atoms with Crippen LogP contribution in [-0.2, 0) is 32.9 Å². The zero-order valence-corrected chi connectivity index (χ0v) is 15.9. The van der Waals surface area contributed by atoms with Gasteiger partial charge < -0.3 is 9.79 Å². The Morgan fingerprint density at radius 3 is 1.61 bits per heavy atom. The smallest absolute Gasteiger partial charge is 0.242 e. The van der Waals surface area contributed by atoms with Crippen LogP contribution in [0.4, 0.5) is 0 Å². The topological polar surface area (TPSA) is 40.5 Å². The van der Waals surface area contributed by atoms with E-state index in [9.17, 15) is 0 Å². The molecule has 6 heteroatoms. The van der Waals surface area contributed by atoms with E-state index >= 15 is 0 Å². The molecule has 0 aliphatic rings. The maximum atomic E-state index is 9.01. The van der Waals surface area contributed by atoms with Gasteiger partial charge >= 0.3 is 0 Å². The Morgan fingerprint density at radius 2 is 1.22 bits per heavy atom. The third-order valence-corrected chi connectivity index (χ3v) is 6.07. The molecule has 0 unspecified atom stereocenters. The maximum absolute atomic E-state index is 9.01. The molecule has 0 aromatic rings. The summed E-state index contributed by atoms with van der Waals surface area (Å²) in [5, 5.41) is 0. The number of hydrogen-bond acceptors (Lipinski definition) is 2. The maximum Gasteiger partial charge on any atom is 0.242 e. The van der Waals surface area contributed by atoms with E-state index < -0.39 is 5.69 Å². The molecule has 110 valence electrons. The molecule has 0 saturated heterocycles. The average molecular weight is 394 g/mol. The van der Waals surface area contributed by atoms with Crippen molar-refractivity contribution in [3.05, 3.63) is 0 Å². The molecule has 0 fully saturated rings. The third kappa shape index (κ3) is 19.9. The predicted octanol–water partition coefficient (Wildman–Crippen LogP) is 4.85. The molecule has 0 amide bonds. The van der Waals surface area contributed by atoms with E-state index in [0.717, 1.165) is 23.6 Å². The van der Waals surface area contributed by atoms with Crippen LogP contribution in [0.1, 0.15) is 71.1 Å². The number of rotatable bonds is 12. The van der Waals surface area contributed by atoms with Gasteiger partial charge in [-0.15, -0.1) is 0 Å². The summed E-state index contributed by atoms with van der Waals surface area (Å²) < 4.78 is 0. The summed E-state index contributed by atoms with van der Waals surface area (Å²) in [6, 6.07) is 0. The molecule has 0 heterocycles. The monoisotopic (exact) mass is 396 g/mol. The van der Waals surface area contributed by atoms with E-state index in [1.165, 1.54) is 57.8 Å². The van der Waals surface area contributed by atoms with Gasteiger partial charge in [0.1, 0.15) is 0 Å². The van der Waals surface area contributed by atoms with Crippen molar-refractivity contribution in [1.29, 1.82) is 0 Å². The van der Waals surface area contributed by atoms with E-state index in [1.807, 2.05) is 0 Å². The predicted molar refractivity (Wildman–Crippen MR) is 83.0 cm³/mol. The van der Waals surface area contributed by atoms with Crippen molar-refractivity contribution in [2.75, 3.05) is 5.75 Å². The minimum absolute atomic E-state index is 0. The Labute approximate surface area is 136 Å². The van der Waals surface area contributed by atoms with Crippen LogP contribution in [0.25, 0.3) is 0 Å². The Bertz CT molecular complexity index is 212. The SMILES string of the molecule is CCCCCCCCCCCCSP(O)(O)=S.[Mo]. The van der Waals surface area contributed by atoms with Crippen molar-refractivity contribution in [1.82, 2.24) is 0 Å². The Hall–Kier alpha value is 1.61. The molecule has 18 heavy (non-hydrogen) atoms. The van der Waals surface area contributed by atoms with Crippen LogP contribution >= 0.6 is 17.1 Å². The molecule has 0 aromatic carbocycles. The van der Waals surface area contributed by atoms with Crippen LogP contribution in [0.2, 0.25) is 0 Å². The van der Waals surface area contributed by atoms with Gasteiger partial charge in [-0.2, -0.15) is 0 Å². The molecule has 0 aliphatic heterocycles. The standard InChI is InChI=1S/C12H27O2PS2.Mo/c1-2-3-4-5-6-7-8-9-10-11-12-17-15(13,14)16;/h2-12H2,1H3,(H2,13,14,16);. The number of unbranched alkanes of at least 4 members (excludes halogenated alkanes) is 9. The van der Waals surface area contributed by atoms with Crippen molar-refractivity contribution >= 4 is 28.9 Å². The van der Waals surface area contributed by atoms with E-state index in [2.05, 4.69) is 18.7 Å². The van der Waals surface area contributed by atoms with Crippen LogP contribution in [0.15, 0.2) is 0 Å². The van der Waals surface area contributed by atoms with Crippen molar-refractivity contribution < 1.29 is 30.9 Å². The molecule has 2 nitrogen and oxygen atoms in total. The second kappa shape index (κ2) is 15.0. The van der Waals surface area contributed by atoms with Crippen LogP contribution < -0.4 is 0 Å². The van der Waals surface area contributed by atoms with Crippen LogP contribution in [-0.4, -0.2) is 15.5 Å². The van der Waals surface area contributed by atoms with E-state index in [1.54, 1.807) is 0 Å². The van der Waals surface area contributed by atoms with Crippen LogP contribution in [0.5, 0.6) is 0 Å². The summed E-state index contributed by atoms with van der Waals surface area (Å²) in [4.78, 5) is 18.0. The van der Waals surface area contributed by atoms with Crippen molar-refractivity contribution in [3.8, 4) is 0 Å². The summed E-state index contributed by atoms with van der Waals surface area (Å²) in [5.41, 5.74) is -2.99. The fourth-order valence-electron chi connectivity index (χ4n) is 1.77. The van der Waals surface area contributed by atoms with Crippen LogP contribution in [0.3, 0.4) is 0 Å². The van der Waals surface area contributed by atoms with Gasteiger partial charge in [0.2, 0.25) is 5.69 Å². The van der Waals surface area contributed by atoms with E-state index in [4.69, 9.17) is 9.79 Å². The van der Waals surface area contributed by atoms with Gasteiger partial charge in [-0.25, -0.2) is 0 Å². The van der Waals surface area contributed by atoms with Gasteiger partial charge in [0.25, 0.3) is 0 Å². The molecular weight excluding hydrogens is 367 g/mol. The Kier molecular flexibility index (Phi) is 18.3. The fraction of sp³-hybridized carbons (Fsp3) is 1.00. The summed E-state index contributed by atoms with van der Waals surface area (Å²) >= 11 is 5.69. The Morgan fingerprint density at radius 1 is 0.833 bits per heavy atom. The molecule has 2 N–H and O–H groups in total. The first-order valence-electron chi connectivity index (χ1n) is 6.76. The Balaban J connectivity index is 0. The van der Waals surface area contributed by atoms with Crippen molar-refractivity contribution in [3.63, 3.8) is 0 Å². The second-order valence-corrected chi connectivity index (χ2v) is 10.7. The fourth-order valence-corrected chi connectivity index (χ4v) is 4.12. The van der Waals surface area contributed by atoms with Gasteiger partial charge in [-0.3, -0.25) is 0 Å². The van der Waals surface area contributed by atoms with Crippen molar-refractivity contribution in [2.45, 2.75) is 71.1 Å². The summed E-state index contributed by atoms with van der Waals surface area (Å²) in [7, 11) is 0. The van der Waals surface area contributed by atoms with Crippen molar-refractivity contribution in [2.24, 2.45) is 0 Å². The van der Waals surface area contributed by atoms with E-state index in [-0.39, 0.29) is 21.1 Å². The summed E-state index contributed by atoms with van der Waals surface area (Å²) in [5.74, 6) is 0.792. The van der Waals surface area contributed by atoms with Gasteiger partial charge in [0.05, 0.1) is 0 Å². The quantitative estimate of drug-likeness (QED) is 0.282. The first kappa shape index (κ1) is 21.9. The summed E-state index contributed by atoms with van der Waals surface area (Å²) in [6.07, 6.45) is 13.1. The summed E-state index contributed by atoms with van der Waals surface area (Å²) in [6.45, 7) is 2.25. The number of hydrogen-bond donors (Lipinski definition) is 2. The molecule has 0 atom stereocenters.